The highest BCUT2D eigenvalue weighted by Crippen LogP contribution is 2.30. The van der Waals surface area contributed by atoms with Crippen molar-refractivity contribution in [2.24, 2.45) is 0 Å². The van der Waals surface area contributed by atoms with Gasteiger partial charge in [0.05, 0.1) is 0 Å². The van der Waals surface area contributed by atoms with E-state index in [1.54, 1.807) is 11.3 Å². The van der Waals surface area contributed by atoms with Crippen LogP contribution in [0.1, 0.15) is 0 Å². The molecule has 0 saturated carbocycles. The minimum atomic E-state index is -0.213. The largest absolute Gasteiger partial charge is 0.465 e. The maximum Gasteiger partial charge on any atom is 0.197 e. The highest BCUT2D eigenvalue weighted by atomic mass is 32.1. The van der Waals surface area contributed by atoms with Crippen LogP contribution in [0.15, 0.2) is 29.6 Å². The Bertz CT molecular complexity index is 453. The molecule has 1 aromatic carbocycles. The zero-order valence-corrected chi connectivity index (χ0v) is 10.4. The quantitative estimate of drug-likeness (QED) is 0.653. The van der Waals surface area contributed by atoms with Crippen molar-refractivity contribution in [2.45, 2.75) is 5.56 Å². The highest BCUT2D eigenvalue weighted by molar-refractivity contribution is 7.80. The fraction of sp³-hybridized carbons (Fsp3) is 0.273. The highest BCUT2D eigenvalue weighted by Gasteiger charge is 2.09. The summed E-state index contributed by atoms with van der Waals surface area (Å²) in [5.41, 5.74) is -0.213. The Morgan fingerprint density at radius 1 is 1.33 bits per heavy atom. The van der Waals surface area contributed by atoms with Crippen LogP contribution in [0.4, 0.5) is 0 Å². The number of nitrogens with zero attached hydrogens (tertiary/aromatic N) is 1. The predicted molar refractivity (Wildman–Crippen MR) is 68.9 cm³/mol. The summed E-state index contributed by atoms with van der Waals surface area (Å²) < 4.78 is 6.99. The van der Waals surface area contributed by atoms with Crippen molar-refractivity contribution in [1.82, 2.24) is 4.90 Å². The second-order valence-electron chi connectivity index (χ2n) is 3.50. The van der Waals surface area contributed by atoms with E-state index >= 15 is 0 Å². The first kappa shape index (κ1) is 10.8. The molecule has 0 amide bonds. The van der Waals surface area contributed by atoms with Crippen LogP contribution in [0, 0.1) is 0 Å². The second-order valence-corrected chi connectivity index (χ2v) is 4.89. The number of rotatable bonds is 3. The molecule has 2 aromatic rings. The maximum atomic E-state index is 5.74. The molecule has 1 heterocycles. The van der Waals surface area contributed by atoms with E-state index in [0.717, 1.165) is 11.1 Å². The molecule has 0 fully saturated rings. The molecule has 0 bridgehead atoms. The van der Waals surface area contributed by atoms with E-state index < -0.39 is 0 Å². The topological polar surface area (TPSA) is 12.5 Å². The van der Waals surface area contributed by atoms with Gasteiger partial charge in [-0.15, -0.1) is 24.0 Å². The first-order valence-electron chi connectivity index (χ1n) is 4.66. The second kappa shape index (κ2) is 4.43. The molecule has 0 radical (unpaired) electrons. The summed E-state index contributed by atoms with van der Waals surface area (Å²) in [6.45, 7) is 0. The first-order valence-corrected chi connectivity index (χ1v) is 6.05. The molecular weight excluding hydrogens is 226 g/mol. The lowest BCUT2D eigenvalue weighted by Gasteiger charge is -2.20. The Kier molecular flexibility index (Phi) is 3.19. The summed E-state index contributed by atoms with van der Waals surface area (Å²) in [5.74, 6) is 0.891. The summed E-state index contributed by atoms with van der Waals surface area (Å²) in [7, 11) is 3.87. The third-order valence-electron chi connectivity index (χ3n) is 2.13. The van der Waals surface area contributed by atoms with Crippen molar-refractivity contribution in [3.8, 4) is 5.75 Å². The summed E-state index contributed by atoms with van der Waals surface area (Å²) in [6, 6.07) is 8.15. The van der Waals surface area contributed by atoms with Gasteiger partial charge in [-0.25, -0.2) is 0 Å². The van der Waals surface area contributed by atoms with E-state index in [1.807, 2.05) is 31.1 Å². The summed E-state index contributed by atoms with van der Waals surface area (Å²) >= 11 is 6.07. The van der Waals surface area contributed by atoms with E-state index in [-0.39, 0.29) is 5.56 Å². The molecule has 0 saturated heterocycles. The summed E-state index contributed by atoms with van der Waals surface area (Å²) in [5, 5.41) is 3.23. The van der Waals surface area contributed by atoms with E-state index in [4.69, 9.17) is 4.74 Å². The van der Waals surface area contributed by atoms with Crippen molar-refractivity contribution in [1.29, 1.82) is 0 Å². The Morgan fingerprint density at radius 3 is 2.87 bits per heavy atom. The fourth-order valence-corrected chi connectivity index (χ4v) is 2.21. The molecule has 15 heavy (non-hydrogen) atoms. The lowest BCUT2D eigenvalue weighted by molar-refractivity contribution is 0.148. The predicted octanol–water partition coefficient (Wildman–Crippen LogP) is 3.06. The molecule has 1 aromatic heterocycles. The Balaban J connectivity index is 2.31. The lowest BCUT2D eigenvalue weighted by Crippen LogP contribution is -2.27. The molecule has 0 aliphatic carbocycles. The number of thiol groups is 1. The van der Waals surface area contributed by atoms with Crippen molar-refractivity contribution >= 4 is 34.1 Å². The molecule has 0 spiro atoms. The maximum absolute atomic E-state index is 5.74. The average molecular weight is 239 g/mol. The summed E-state index contributed by atoms with van der Waals surface area (Å²) in [6.07, 6.45) is 0. The molecule has 2 rings (SSSR count). The molecule has 80 valence electrons. The summed E-state index contributed by atoms with van der Waals surface area (Å²) in [4.78, 5) is 1.91. The minimum Gasteiger partial charge on any atom is -0.465 e. The smallest absolute Gasteiger partial charge is 0.197 e. The van der Waals surface area contributed by atoms with Crippen molar-refractivity contribution in [3.63, 3.8) is 0 Å². The molecule has 1 unspecified atom stereocenters. The van der Waals surface area contributed by atoms with Gasteiger partial charge in [0.2, 0.25) is 0 Å². The van der Waals surface area contributed by atoms with Crippen LogP contribution in [0.2, 0.25) is 0 Å². The SMILES string of the molecule is CN(C)C(S)Oc1cccc2sccc12. The van der Waals surface area contributed by atoms with Crippen LogP contribution in [-0.4, -0.2) is 24.6 Å². The third-order valence-corrected chi connectivity index (χ3v) is 3.58. The Morgan fingerprint density at radius 2 is 2.13 bits per heavy atom. The number of hydrogen-bond acceptors (Lipinski definition) is 4. The zero-order valence-electron chi connectivity index (χ0n) is 8.68. The van der Waals surface area contributed by atoms with Crippen LogP contribution in [0.3, 0.4) is 0 Å². The lowest BCUT2D eigenvalue weighted by atomic mass is 10.2. The van der Waals surface area contributed by atoms with Crippen LogP contribution < -0.4 is 4.74 Å². The van der Waals surface area contributed by atoms with Crippen LogP contribution in [0.25, 0.3) is 10.1 Å². The van der Waals surface area contributed by atoms with Crippen molar-refractivity contribution in [3.05, 3.63) is 29.6 Å². The van der Waals surface area contributed by atoms with Gasteiger partial charge in [-0.1, -0.05) is 6.07 Å². The number of thiophene rings is 1. The molecule has 1 atom stereocenters. The van der Waals surface area contributed by atoms with E-state index in [9.17, 15) is 0 Å². The first-order chi connectivity index (χ1) is 7.18. The van der Waals surface area contributed by atoms with Gasteiger partial charge in [-0.05, 0) is 37.7 Å². The number of benzene rings is 1. The van der Waals surface area contributed by atoms with Gasteiger partial charge >= 0.3 is 0 Å². The molecule has 0 aliphatic rings. The fourth-order valence-electron chi connectivity index (χ4n) is 1.29. The Hall–Kier alpha value is -0.710. The normalized spacial score (nSPS) is 13.3. The molecule has 4 heteroatoms. The zero-order chi connectivity index (χ0) is 10.8. The van der Waals surface area contributed by atoms with E-state index in [2.05, 4.69) is 30.1 Å². The standard InChI is InChI=1S/C11H13NOS2/c1-12(2)11(14)13-9-4-3-5-10-8(9)6-7-15-10/h3-7,11,14H,1-2H3. The van der Waals surface area contributed by atoms with Gasteiger partial charge in [0.15, 0.2) is 5.56 Å². The third kappa shape index (κ3) is 2.27. The van der Waals surface area contributed by atoms with Crippen LogP contribution in [-0.2, 0) is 0 Å². The molecule has 0 aliphatic heterocycles. The van der Waals surface area contributed by atoms with E-state index in [1.165, 1.54) is 4.70 Å². The van der Waals surface area contributed by atoms with Crippen LogP contribution >= 0.6 is 24.0 Å². The van der Waals surface area contributed by atoms with Gasteiger partial charge in [-0.2, -0.15) is 0 Å². The van der Waals surface area contributed by atoms with Gasteiger partial charge < -0.3 is 4.74 Å². The van der Waals surface area contributed by atoms with Gasteiger partial charge in [0.1, 0.15) is 5.75 Å². The van der Waals surface area contributed by atoms with Gasteiger partial charge in [0.25, 0.3) is 0 Å². The van der Waals surface area contributed by atoms with Crippen LogP contribution in [0.5, 0.6) is 5.75 Å². The minimum absolute atomic E-state index is 0.213. The molecule has 0 N–H and O–H groups in total. The van der Waals surface area contributed by atoms with E-state index in [0.29, 0.717) is 0 Å². The Labute approximate surface area is 98.9 Å². The number of hydrogen-bond donors (Lipinski definition) is 1. The monoisotopic (exact) mass is 239 g/mol. The van der Waals surface area contributed by atoms with Crippen molar-refractivity contribution < 1.29 is 4.74 Å². The van der Waals surface area contributed by atoms with Gasteiger partial charge in [-0.3, -0.25) is 4.90 Å². The molecular formula is C11H13NOS2. The van der Waals surface area contributed by atoms with Crippen molar-refractivity contribution in [2.75, 3.05) is 14.1 Å². The number of fused-ring (bicyclic) bond motifs is 1. The molecule has 2 nitrogen and oxygen atoms in total. The average Bonchev–Trinajstić information content (AvgIpc) is 2.66. The van der Waals surface area contributed by atoms with Gasteiger partial charge in [0, 0.05) is 10.1 Å². The number of ether oxygens (including phenoxy) is 1.